The molecule has 10 heteroatoms. The molecule has 0 unspecified atom stereocenters. The van der Waals surface area contributed by atoms with Crippen LogP contribution in [0, 0.1) is 10.1 Å². The third kappa shape index (κ3) is 4.25. The van der Waals surface area contributed by atoms with E-state index in [9.17, 15) is 18.5 Å². The number of nitrogens with zero attached hydrogens (tertiary/aromatic N) is 3. The van der Waals surface area contributed by atoms with Gasteiger partial charge in [-0.3, -0.25) is 10.1 Å². The lowest BCUT2D eigenvalue weighted by Gasteiger charge is -2.22. The molecular weight excluding hydrogens is 298 g/mol. The molecule has 1 heterocycles. The molecule has 0 bridgehead atoms. The molecule has 0 radical (unpaired) electrons. The molecule has 9 nitrogen and oxygen atoms in total. The number of sulfone groups is 1. The van der Waals surface area contributed by atoms with Crippen LogP contribution in [-0.2, 0) is 9.84 Å². The maximum atomic E-state index is 11.6. The van der Waals surface area contributed by atoms with Crippen molar-refractivity contribution in [2.45, 2.75) is 25.5 Å². The highest BCUT2D eigenvalue weighted by Gasteiger charge is 2.31. The molecule has 21 heavy (non-hydrogen) atoms. The second-order valence-corrected chi connectivity index (χ2v) is 7.75. The fraction of sp³-hybridized carbons (Fsp3) is 0.636. The molecule has 0 atom stereocenters. The molecule has 0 aliphatic rings. The summed E-state index contributed by atoms with van der Waals surface area (Å²) in [7, 11) is -3.32. The Bertz CT molecular complexity index is 630. The van der Waals surface area contributed by atoms with Gasteiger partial charge in [0.2, 0.25) is 11.8 Å². The topological polar surface area (TPSA) is 127 Å². The van der Waals surface area contributed by atoms with E-state index >= 15 is 0 Å². The van der Waals surface area contributed by atoms with Crippen LogP contribution in [0.15, 0.2) is 6.20 Å². The highest BCUT2D eigenvalue weighted by Crippen LogP contribution is 2.24. The average molecular weight is 317 g/mol. The van der Waals surface area contributed by atoms with Gasteiger partial charge in [0.15, 0.2) is 9.84 Å². The third-order valence-corrected chi connectivity index (χ3v) is 5.14. The summed E-state index contributed by atoms with van der Waals surface area (Å²) in [6, 6.07) is 0. The molecule has 0 spiro atoms. The van der Waals surface area contributed by atoms with Crippen LogP contribution in [0.2, 0.25) is 0 Å². The predicted molar refractivity (Wildman–Crippen MR) is 80.3 cm³/mol. The highest BCUT2D eigenvalue weighted by molar-refractivity contribution is 7.92. The van der Waals surface area contributed by atoms with Crippen LogP contribution < -0.4 is 10.6 Å². The Morgan fingerprint density at radius 2 is 2.00 bits per heavy atom. The lowest BCUT2D eigenvalue weighted by molar-refractivity contribution is -0.384. The van der Waals surface area contributed by atoms with Gasteiger partial charge in [-0.05, 0) is 20.8 Å². The standard InChI is InChI=1S/C11H19N5O4S/c1-5-12-10-13-6-8(16(17)18)9(15-10)14-7-11(2,3)21(4,19)20/h6H,5,7H2,1-4H3,(H2,12,13,14,15). The minimum absolute atomic E-state index is 0.00471. The zero-order valence-corrected chi connectivity index (χ0v) is 13.2. The van der Waals surface area contributed by atoms with Crippen LogP contribution in [0.1, 0.15) is 20.8 Å². The van der Waals surface area contributed by atoms with Gasteiger partial charge in [-0.25, -0.2) is 13.4 Å². The molecule has 2 N–H and O–H groups in total. The minimum atomic E-state index is -3.32. The first-order valence-corrected chi connectivity index (χ1v) is 8.16. The summed E-state index contributed by atoms with van der Waals surface area (Å²) in [5, 5.41) is 16.5. The Balaban J connectivity index is 3.05. The highest BCUT2D eigenvalue weighted by atomic mass is 32.2. The summed E-state index contributed by atoms with van der Waals surface area (Å²) < 4.78 is 22.2. The predicted octanol–water partition coefficient (Wildman–Crippen LogP) is 1.05. The van der Waals surface area contributed by atoms with E-state index < -0.39 is 19.5 Å². The summed E-state index contributed by atoms with van der Waals surface area (Å²) in [4.78, 5) is 18.2. The summed E-state index contributed by atoms with van der Waals surface area (Å²) in [5.74, 6) is 0.227. The molecule has 0 saturated heterocycles. The van der Waals surface area contributed by atoms with Gasteiger partial charge in [0.1, 0.15) is 6.20 Å². The Morgan fingerprint density at radius 1 is 1.38 bits per heavy atom. The maximum Gasteiger partial charge on any atom is 0.329 e. The zero-order chi connectivity index (χ0) is 16.3. The Labute approximate surface area is 123 Å². The maximum absolute atomic E-state index is 11.6. The second-order valence-electron chi connectivity index (χ2n) is 5.10. The van der Waals surface area contributed by atoms with Crippen LogP contribution in [0.3, 0.4) is 0 Å². The van der Waals surface area contributed by atoms with Crippen molar-refractivity contribution in [1.82, 2.24) is 9.97 Å². The van der Waals surface area contributed by atoms with Crippen molar-refractivity contribution in [3.05, 3.63) is 16.3 Å². The van der Waals surface area contributed by atoms with Gasteiger partial charge in [-0.15, -0.1) is 0 Å². The van der Waals surface area contributed by atoms with Gasteiger partial charge < -0.3 is 10.6 Å². The molecule has 1 aromatic heterocycles. The Morgan fingerprint density at radius 3 is 2.48 bits per heavy atom. The van der Waals surface area contributed by atoms with Crippen molar-refractivity contribution >= 4 is 27.3 Å². The quantitative estimate of drug-likeness (QED) is 0.564. The number of anilines is 2. The average Bonchev–Trinajstić information content (AvgIpc) is 2.35. The SMILES string of the molecule is CCNc1ncc([N+](=O)[O-])c(NCC(C)(C)S(C)(=O)=O)n1. The van der Waals surface area contributed by atoms with E-state index in [1.54, 1.807) is 0 Å². The van der Waals surface area contributed by atoms with E-state index in [1.165, 1.54) is 13.8 Å². The minimum Gasteiger partial charge on any atom is -0.363 e. The smallest absolute Gasteiger partial charge is 0.329 e. The number of hydrogen-bond donors (Lipinski definition) is 2. The molecule has 1 rings (SSSR count). The first kappa shape index (κ1) is 17.1. The van der Waals surface area contributed by atoms with Gasteiger partial charge in [0.05, 0.1) is 9.67 Å². The van der Waals surface area contributed by atoms with Gasteiger partial charge in [-0.1, -0.05) is 0 Å². The number of nitrogens with one attached hydrogen (secondary N) is 2. The summed E-state index contributed by atoms with van der Waals surface area (Å²) in [6.45, 7) is 5.47. The normalized spacial score (nSPS) is 12.0. The molecule has 0 aliphatic heterocycles. The van der Waals surface area contributed by atoms with Gasteiger partial charge in [-0.2, -0.15) is 4.98 Å². The molecule has 0 aliphatic carbocycles. The Kier molecular flexibility index (Phi) is 5.05. The van der Waals surface area contributed by atoms with Crippen molar-refractivity contribution in [2.75, 3.05) is 30.0 Å². The van der Waals surface area contributed by atoms with Gasteiger partial charge in [0, 0.05) is 19.3 Å². The van der Waals surface area contributed by atoms with E-state index in [-0.39, 0.29) is 24.0 Å². The van der Waals surface area contributed by atoms with Crippen molar-refractivity contribution < 1.29 is 13.3 Å². The van der Waals surface area contributed by atoms with Crippen LogP contribution in [-0.4, -0.2) is 47.4 Å². The summed E-state index contributed by atoms with van der Waals surface area (Å²) in [6.07, 6.45) is 2.20. The van der Waals surface area contributed by atoms with E-state index in [0.29, 0.717) is 6.54 Å². The molecule has 1 aromatic rings. The van der Waals surface area contributed by atoms with Crippen molar-refractivity contribution in [3.8, 4) is 0 Å². The van der Waals surface area contributed by atoms with Crippen molar-refractivity contribution in [1.29, 1.82) is 0 Å². The van der Waals surface area contributed by atoms with Crippen molar-refractivity contribution in [3.63, 3.8) is 0 Å². The van der Waals surface area contributed by atoms with Crippen molar-refractivity contribution in [2.24, 2.45) is 0 Å². The Hall–Kier alpha value is -1.97. The molecule has 0 fully saturated rings. The monoisotopic (exact) mass is 317 g/mol. The second kappa shape index (κ2) is 6.20. The van der Waals surface area contributed by atoms with Crippen LogP contribution in [0.5, 0.6) is 0 Å². The molecule has 118 valence electrons. The van der Waals surface area contributed by atoms with E-state index in [0.717, 1.165) is 12.5 Å². The summed E-state index contributed by atoms with van der Waals surface area (Å²) >= 11 is 0. The molecule has 0 saturated carbocycles. The van der Waals surface area contributed by atoms with Crippen LogP contribution in [0.25, 0.3) is 0 Å². The van der Waals surface area contributed by atoms with E-state index in [4.69, 9.17) is 0 Å². The van der Waals surface area contributed by atoms with Gasteiger partial charge >= 0.3 is 5.69 Å². The fourth-order valence-corrected chi connectivity index (χ4v) is 1.64. The molecule has 0 amide bonds. The van der Waals surface area contributed by atoms with E-state index in [2.05, 4.69) is 20.6 Å². The number of rotatable bonds is 7. The van der Waals surface area contributed by atoms with Gasteiger partial charge in [0.25, 0.3) is 0 Å². The van der Waals surface area contributed by atoms with Crippen LogP contribution in [0.4, 0.5) is 17.5 Å². The molecular formula is C11H19N5O4S. The number of hydrogen-bond acceptors (Lipinski definition) is 8. The number of aromatic nitrogens is 2. The van der Waals surface area contributed by atoms with E-state index in [1.807, 2.05) is 6.92 Å². The third-order valence-electron chi connectivity index (χ3n) is 2.99. The first-order valence-electron chi connectivity index (χ1n) is 6.27. The van der Waals surface area contributed by atoms with Crippen LogP contribution >= 0.6 is 0 Å². The number of nitro groups is 1. The first-order chi connectivity index (χ1) is 9.58. The zero-order valence-electron chi connectivity index (χ0n) is 12.4. The fourth-order valence-electron chi connectivity index (χ4n) is 1.31. The summed E-state index contributed by atoms with van der Waals surface area (Å²) in [5.41, 5.74) is -0.305. The molecule has 0 aromatic carbocycles. The largest absolute Gasteiger partial charge is 0.363 e. The lowest BCUT2D eigenvalue weighted by Crippen LogP contribution is -2.38. The lowest BCUT2D eigenvalue weighted by atomic mass is 10.2.